The Labute approximate surface area is 190 Å². The third-order valence-corrected chi connectivity index (χ3v) is 5.34. The van der Waals surface area contributed by atoms with E-state index in [-0.39, 0.29) is 17.0 Å². The van der Waals surface area contributed by atoms with Crippen molar-refractivity contribution in [2.24, 2.45) is 0 Å². The number of hydrogen-bond acceptors (Lipinski definition) is 4. The standard InChI is InChI=1S/C21H13F7N4O3/c1-35-13-4-2-3-10(9-13)15-29-16-14(19(31-15,20(23,24)25)21(26,27)28)17(33)30-18(34)32(16)12-7-5-11(22)6-8-12/h2-9H,1H3,(H,29,31)(H,30,33,34)/p+1. The number of aromatic nitrogens is 2. The third-order valence-electron chi connectivity index (χ3n) is 5.34. The van der Waals surface area contributed by atoms with Crippen molar-refractivity contribution in [1.29, 1.82) is 0 Å². The summed E-state index contributed by atoms with van der Waals surface area (Å²) in [6, 6.07) is 8.63. The minimum atomic E-state index is -6.11. The molecule has 0 fully saturated rings. The number of anilines is 1. The Kier molecular flexibility index (Phi) is 5.49. The molecule has 14 heteroatoms. The van der Waals surface area contributed by atoms with Gasteiger partial charge in [0, 0.05) is 0 Å². The van der Waals surface area contributed by atoms with Crippen molar-refractivity contribution in [3.63, 3.8) is 0 Å². The van der Waals surface area contributed by atoms with Gasteiger partial charge >= 0.3 is 23.6 Å². The fourth-order valence-electron chi connectivity index (χ4n) is 3.75. The number of H-pyrrole nitrogens is 1. The van der Waals surface area contributed by atoms with Crippen LogP contribution in [-0.4, -0.2) is 34.8 Å². The van der Waals surface area contributed by atoms with Gasteiger partial charge in [0.05, 0.1) is 18.4 Å². The Morgan fingerprint density at radius 3 is 2.17 bits per heavy atom. The predicted molar refractivity (Wildman–Crippen MR) is 108 cm³/mol. The number of amidine groups is 1. The van der Waals surface area contributed by atoms with Gasteiger partial charge in [-0.3, -0.25) is 9.78 Å². The van der Waals surface area contributed by atoms with E-state index in [0.29, 0.717) is 4.57 Å². The minimum absolute atomic E-state index is 0.107. The molecule has 0 spiro atoms. The third kappa shape index (κ3) is 3.74. The van der Waals surface area contributed by atoms with Gasteiger partial charge < -0.3 is 4.74 Å². The quantitative estimate of drug-likeness (QED) is 0.477. The van der Waals surface area contributed by atoms with Crippen LogP contribution in [0, 0.1) is 5.82 Å². The number of ether oxygens (including phenoxy) is 1. The monoisotopic (exact) mass is 503 g/mol. The van der Waals surface area contributed by atoms with E-state index in [4.69, 9.17) is 4.74 Å². The maximum absolute atomic E-state index is 14.3. The first-order valence-corrected chi connectivity index (χ1v) is 9.66. The number of aromatic amines is 1. The fraction of sp³-hybridized carbons (Fsp3) is 0.190. The average molecular weight is 503 g/mol. The molecule has 184 valence electrons. The zero-order valence-corrected chi connectivity index (χ0v) is 17.4. The molecule has 1 aliphatic heterocycles. The molecule has 4 rings (SSSR count). The van der Waals surface area contributed by atoms with Gasteiger partial charge in [-0.2, -0.15) is 26.3 Å². The highest BCUT2D eigenvalue weighted by molar-refractivity contribution is 6.05. The molecule has 35 heavy (non-hydrogen) atoms. The van der Waals surface area contributed by atoms with Crippen LogP contribution in [-0.2, 0) is 5.54 Å². The molecule has 0 amide bonds. The van der Waals surface area contributed by atoms with Crippen LogP contribution in [0.3, 0.4) is 0 Å². The van der Waals surface area contributed by atoms with E-state index in [1.165, 1.54) is 35.3 Å². The molecular formula is C21H14F7N4O3+. The summed E-state index contributed by atoms with van der Waals surface area (Å²) in [7, 11) is 1.24. The van der Waals surface area contributed by atoms with Crippen molar-refractivity contribution in [2.45, 2.75) is 17.9 Å². The maximum atomic E-state index is 14.3. The van der Waals surface area contributed by atoms with Crippen LogP contribution < -0.4 is 26.3 Å². The number of fused-ring (bicyclic) bond motifs is 1. The SMILES string of the molecule is COc1cccc(C2=[NH+]C(C(F)(F)F)(C(F)(F)F)c3c(n(-c4ccc(F)cc4)c(=O)[nH]c3=O)N2)c1. The van der Waals surface area contributed by atoms with Crippen molar-refractivity contribution in [3.05, 3.63) is 86.3 Å². The summed E-state index contributed by atoms with van der Waals surface area (Å²) < 4.78 is 105. The van der Waals surface area contributed by atoms with Gasteiger partial charge in [0.1, 0.15) is 17.1 Å². The molecule has 3 aromatic rings. The number of nitrogens with zero attached hydrogens (tertiary/aromatic N) is 1. The second-order valence-corrected chi connectivity index (χ2v) is 7.40. The molecule has 2 aromatic carbocycles. The van der Waals surface area contributed by atoms with Gasteiger partial charge in [-0.15, -0.1) is 0 Å². The van der Waals surface area contributed by atoms with E-state index in [1.807, 2.05) is 0 Å². The first kappa shape index (κ1) is 24.0. The molecule has 7 nitrogen and oxygen atoms in total. The summed E-state index contributed by atoms with van der Waals surface area (Å²) in [6.07, 6.45) is -12.2. The molecule has 0 bridgehead atoms. The van der Waals surface area contributed by atoms with Crippen LogP contribution in [0.2, 0.25) is 0 Å². The normalized spacial score (nSPS) is 15.1. The molecule has 0 aliphatic carbocycles. The first-order chi connectivity index (χ1) is 16.3. The molecular weight excluding hydrogens is 489 g/mol. The molecule has 0 saturated carbocycles. The van der Waals surface area contributed by atoms with Crippen molar-refractivity contribution in [3.8, 4) is 11.4 Å². The van der Waals surface area contributed by atoms with Crippen molar-refractivity contribution in [1.82, 2.24) is 9.55 Å². The van der Waals surface area contributed by atoms with Gasteiger partial charge in [-0.05, 0) is 42.5 Å². The largest absolute Gasteiger partial charge is 0.497 e. The van der Waals surface area contributed by atoms with Crippen LogP contribution >= 0.6 is 0 Å². The summed E-state index contributed by atoms with van der Waals surface area (Å²) in [5.41, 5.74) is -10.5. The smallest absolute Gasteiger partial charge is 0.446 e. The average Bonchev–Trinajstić information content (AvgIpc) is 2.78. The van der Waals surface area contributed by atoms with Crippen LogP contribution in [0.5, 0.6) is 5.75 Å². The Morgan fingerprint density at radius 2 is 1.60 bits per heavy atom. The molecule has 0 atom stereocenters. The van der Waals surface area contributed by atoms with Crippen LogP contribution in [0.25, 0.3) is 5.69 Å². The zero-order valence-electron chi connectivity index (χ0n) is 17.4. The molecule has 1 aliphatic rings. The maximum Gasteiger partial charge on any atom is 0.446 e. The molecule has 3 N–H and O–H groups in total. The van der Waals surface area contributed by atoms with Crippen molar-refractivity contribution in [2.75, 3.05) is 12.4 Å². The van der Waals surface area contributed by atoms with Gasteiger partial charge in [0.15, 0.2) is 0 Å². The second kappa shape index (κ2) is 7.99. The van der Waals surface area contributed by atoms with E-state index in [0.717, 1.165) is 30.3 Å². The van der Waals surface area contributed by atoms with Crippen molar-refractivity contribution < 1.29 is 40.5 Å². The Balaban J connectivity index is 2.16. The highest BCUT2D eigenvalue weighted by Crippen LogP contribution is 2.48. The van der Waals surface area contributed by atoms with Crippen LogP contribution in [0.4, 0.5) is 36.6 Å². The predicted octanol–water partition coefficient (Wildman–Crippen LogP) is 1.95. The lowest BCUT2D eigenvalue weighted by atomic mass is 9.87. The van der Waals surface area contributed by atoms with E-state index in [2.05, 4.69) is 5.32 Å². The summed E-state index contributed by atoms with van der Waals surface area (Å²) in [5.74, 6) is -2.59. The number of alkyl halides is 6. The molecule has 0 radical (unpaired) electrons. The Morgan fingerprint density at radius 1 is 0.971 bits per heavy atom. The first-order valence-electron chi connectivity index (χ1n) is 9.66. The highest BCUT2D eigenvalue weighted by Gasteiger charge is 2.78. The second-order valence-electron chi connectivity index (χ2n) is 7.40. The number of hydrogen-bond donors (Lipinski definition) is 3. The zero-order chi connectivity index (χ0) is 25.8. The Bertz CT molecular complexity index is 1420. The number of halogens is 7. The van der Waals surface area contributed by atoms with E-state index in [1.54, 1.807) is 0 Å². The highest BCUT2D eigenvalue weighted by atomic mass is 19.4. The summed E-state index contributed by atoms with van der Waals surface area (Å²) in [6.45, 7) is 0. The number of rotatable bonds is 3. The van der Waals surface area contributed by atoms with E-state index in [9.17, 15) is 40.3 Å². The lowest BCUT2D eigenvalue weighted by Gasteiger charge is -2.35. The Hall–Kier alpha value is -4.10. The molecule has 1 aromatic heterocycles. The summed E-state index contributed by atoms with van der Waals surface area (Å²) in [5, 5.41) is 2.33. The molecule has 0 saturated heterocycles. The minimum Gasteiger partial charge on any atom is -0.497 e. The number of methoxy groups -OCH3 is 1. The number of benzene rings is 2. The van der Waals surface area contributed by atoms with Gasteiger partial charge in [0.2, 0.25) is 5.82 Å². The summed E-state index contributed by atoms with van der Waals surface area (Å²) >= 11 is 0. The van der Waals surface area contributed by atoms with Crippen LogP contribution in [0.1, 0.15) is 11.1 Å². The fourth-order valence-corrected chi connectivity index (χ4v) is 3.75. The topological polar surface area (TPSA) is 90.1 Å². The molecule has 2 heterocycles. The van der Waals surface area contributed by atoms with Crippen LogP contribution in [0.15, 0.2) is 58.1 Å². The van der Waals surface area contributed by atoms with E-state index >= 15 is 0 Å². The van der Waals surface area contributed by atoms with Crippen molar-refractivity contribution >= 4 is 11.7 Å². The van der Waals surface area contributed by atoms with Gasteiger partial charge in [-0.25, -0.2) is 24.1 Å². The van der Waals surface area contributed by atoms with Gasteiger partial charge in [0.25, 0.3) is 11.4 Å². The summed E-state index contributed by atoms with van der Waals surface area (Å²) in [4.78, 5) is 28.1. The lowest BCUT2D eigenvalue weighted by Crippen LogP contribution is -2.97. The number of nitrogens with one attached hydrogen (secondary N) is 3. The molecule has 0 unspecified atom stereocenters. The van der Waals surface area contributed by atoms with Gasteiger partial charge in [-0.1, -0.05) is 6.07 Å². The van der Waals surface area contributed by atoms with E-state index < -0.39 is 52.2 Å². The lowest BCUT2D eigenvalue weighted by molar-refractivity contribution is -0.658.